The lowest BCUT2D eigenvalue weighted by molar-refractivity contribution is 1.22. The van der Waals surface area contributed by atoms with Crippen LogP contribution in [0.5, 0.6) is 0 Å². The third-order valence-electron chi connectivity index (χ3n) is 1.06. The number of aliphatic imine (C=N–C) groups is 1. The van der Waals surface area contributed by atoms with Gasteiger partial charge in [-0.25, -0.2) is 0 Å². The fourth-order valence-corrected chi connectivity index (χ4v) is 0.603. The molecular weight excluding hydrogens is 122 g/mol. The Morgan fingerprint density at radius 2 is 2.20 bits per heavy atom. The second-order valence-electron chi connectivity index (χ2n) is 2.13. The van der Waals surface area contributed by atoms with Gasteiger partial charge in [-0.15, -0.1) is 0 Å². The minimum absolute atomic E-state index is 1.09. The van der Waals surface area contributed by atoms with Gasteiger partial charge < -0.3 is 0 Å². The Bertz CT molecular complexity index is 152. The van der Waals surface area contributed by atoms with Crippen LogP contribution in [0.4, 0.5) is 0 Å². The Morgan fingerprint density at radius 1 is 1.50 bits per heavy atom. The molecule has 1 nitrogen and oxygen atoms in total. The van der Waals surface area contributed by atoms with E-state index in [1.165, 1.54) is 5.57 Å². The first-order valence-corrected chi connectivity index (χ1v) is 3.56. The number of hydrogen-bond donors (Lipinski definition) is 0. The highest BCUT2D eigenvalue weighted by Gasteiger charge is 1.75. The standard InChI is InChI=1S/C9H15N/c1-4-5-6-7-9(2)8-10-3/h5-8H,4H2,1-3H3/b6-5+,9-7-,10-8?. The molecule has 0 N–H and O–H groups in total. The fraction of sp³-hybridized carbons (Fsp3) is 0.444. The molecule has 0 aromatic heterocycles. The van der Waals surface area contributed by atoms with Gasteiger partial charge in [0.2, 0.25) is 0 Å². The van der Waals surface area contributed by atoms with E-state index in [1.54, 1.807) is 7.05 Å². The van der Waals surface area contributed by atoms with Gasteiger partial charge in [-0.1, -0.05) is 25.2 Å². The molecule has 1 heteroatoms. The van der Waals surface area contributed by atoms with Crippen molar-refractivity contribution in [3.63, 3.8) is 0 Å². The van der Waals surface area contributed by atoms with Crippen molar-refractivity contribution >= 4 is 6.21 Å². The number of rotatable bonds is 3. The number of nitrogens with zero attached hydrogens (tertiary/aromatic N) is 1. The minimum atomic E-state index is 1.09. The van der Waals surface area contributed by atoms with E-state index in [0.717, 1.165) is 6.42 Å². The Morgan fingerprint density at radius 3 is 2.70 bits per heavy atom. The minimum Gasteiger partial charge on any atom is -0.296 e. The average Bonchev–Trinajstić information content (AvgIpc) is 1.89. The summed E-state index contributed by atoms with van der Waals surface area (Å²) < 4.78 is 0. The van der Waals surface area contributed by atoms with Gasteiger partial charge in [-0.2, -0.15) is 0 Å². The molecule has 0 rings (SSSR count). The first kappa shape index (κ1) is 9.15. The summed E-state index contributed by atoms with van der Waals surface area (Å²) in [6.45, 7) is 4.15. The van der Waals surface area contributed by atoms with Crippen LogP contribution < -0.4 is 0 Å². The summed E-state index contributed by atoms with van der Waals surface area (Å²) in [5.74, 6) is 0. The Hall–Kier alpha value is -0.850. The Kier molecular flexibility index (Phi) is 5.74. The van der Waals surface area contributed by atoms with E-state index in [4.69, 9.17) is 0 Å². The van der Waals surface area contributed by atoms with Crippen molar-refractivity contribution in [1.82, 2.24) is 0 Å². The molecule has 0 aromatic rings. The summed E-state index contributed by atoms with van der Waals surface area (Å²) in [7, 11) is 1.78. The van der Waals surface area contributed by atoms with Crippen LogP contribution in [-0.2, 0) is 0 Å². The largest absolute Gasteiger partial charge is 0.296 e. The highest BCUT2D eigenvalue weighted by Crippen LogP contribution is 1.89. The third-order valence-corrected chi connectivity index (χ3v) is 1.06. The third kappa shape index (κ3) is 5.29. The van der Waals surface area contributed by atoms with Crippen LogP contribution in [0.25, 0.3) is 0 Å². The topological polar surface area (TPSA) is 12.4 Å². The van der Waals surface area contributed by atoms with Gasteiger partial charge in [0.05, 0.1) is 0 Å². The molecule has 56 valence electrons. The Balaban J connectivity index is 3.79. The lowest BCUT2D eigenvalue weighted by atomic mass is 10.3. The summed E-state index contributed by atoms with van der Waals surface area (Å²) >= 11 is 0. The normalized spacial score (nSPS) is 13.7. The van der Waals surface area contributed by atoms with Crippen LogP contribution in [-0.4, -0.2) is 13.3 Å². The van der Waals surface area contributed by atoms with Crippen LogP contribution in [0.1, 0.15) is 20.3 Å². The molecule has 0 amide bonds. The summed E-state index contributed by atoms with van der Waals surface area (Å²) in [6.07, 6.45) is 9.16. The molecule has 0 heterocycles. The molecule has 0 unspecified atom stereocenters. The maximum absolute atomic E-state index is 3.89. The van der Waals surface area contributed by atoms with E-state index >= 15 is 0 Å². The van der Waals surface area contributed by atoms with Crippen molar-refractivity contribution in [3.8, 4) is 0 Å². The van der Waals surface area contributed by atoms with Gasteiger partial charge in [0.25, 0.3) is 0 Å². The highest BCUT2D eigenvalue weighted by molar-refractivity contribution is 5.77. The maximum atomic E-state index is 3.89. The van der Waals surface area contributed by atoms with E-state index < -0.39 is 0 Å². The SMILES string of the molecule is CC/C=C/C=C(/C)C=NC. The lowest BCUT2D eigenvalue weighted by Gasteiger charge is -1.84. The summed E-state index contributed by atoms with van der Waals surface area (Å²) in [5, 5.41) is 0. The van der Waals surface area contributed by atoms with E-state index in [9.17, 15) is 0 Å². The second-order valence-corrected chi connectivity index (χ2v) is 2.13. The molecule has 10 heavy (non-hydrogen) atoms. The molecular formula is C9H15N. The van der Waals surface area contributed by atoms with Crippen molar-refractivity contribution in [3.05, 3.63) is 23.8 Å². The van der Waals surface area contributed by atoms with Crippen molar-refractivity contribution in [2.75, 3.05) is 7.05 Å². The van der Waals surface area contributed by atoms with E-state index in [1.807, 2.05) is 13.1 Å². The zero-order valence-electron chi connectivity index (χ0n) is 6.96. The molecule has 0 bridgehead atoms. The summed E-state index contributed by atoms with van der Waals surface area (Å²) in [4.78, 5) is 3.89. The lowest BCUT2D eigenvalue weighted by Crippen LogP contribution is -1.73. The van der Waals surface area contributed by atoms with Crippen LogP contribution in [0.15, 0.2) is 28.8 Å². The van der Waals surface area contributed by atoms with Crippen LogP contribution in [0, 0.1) is 0 Å². The fourth-order valence-electron chi connectivity index (χ4n) is 0.603. The zero-order chi connectivity index (χ0) is 7.82. The first-order chi connectivity index (χ1) is 4.81. The van der Waals surface area contributed by atoms with Gasteiger partial charge in [-0.05, 0) is 18.9 Å². The molecule has 0 radical (unpaired) electrons. The quantitative estimate of drug-likeness (QED) is 0.419. The van der Waals surface area contributed by atoms with E-state index in [0.29, 0.717) is 0 Å². The Labute approximate surface area is 63.2 Å². The molecule has 0 aliphatic heterocycles. The zero-order valence-corrected chi connectivity index (χ0v) is 6.96. The van der Waals surface area contributed by atoms with E-state index in [-0.39, 0.29) is 0 Å². The smallest absolute Gasteiger partial charge is 0.0277 e. The molecule has 0 fully saturated rings. The van der Waals surface area contributed by atoms with Crippen LogP contribution in [0.3, 0.4) is 0 Å². The van der Waals surface area contributed by atoms with Crippen molar-refractivity contribution in [2.45, 2.75) is 20.3 Å². The molecule has 0 aromatic carbocycles. The molecule has 0 saturated carbocycles. The number of hydrogen-bond acceptors (Lipinski definition) is 1. The average molecular weight is 137 g/mol. The van der Waals surface area contributed by atoms with Gasteiger partial charge in [-0.3, -0.25) is 4.99 Å². The first-order valence-electron chi connectivity index (χ1n) is 3.56. The molecule has 0 saturated heterocycles. The summed E-state index contributed by atoms with van der Waals surface area (Å²) in [6, 6.07) is 0. The number of allylic oxidation sites excluding steroid dienone is 4. The van der Waals surface area contributed by atoms with Crippen molar-refractivity contribution < 1.29 is 0 Å². The molecule has 0 aliphatic carbocycles. The van der Waals surface area contributed by atoms with Gasteiger partial charge >= 0.3 is 0 Å². The predicted octanol–water partition coefficient (Wildman–Crippen LogP) is 2.60. The molecule has 0 atom stereocenters. The van der Waals surface area contributed by atoms with Crippen LogP contribution in [0.2, 0.25) is 0 Å². The monoisotopic (exact) mass is 137 g/mol. The molecule has 0 spiro atoms. The van der Waals surface area contributed by atoms with Crippen molar-refractivity contribution in [2.24, 2.45) is 4.99 Å². The van der Waals surface area contributed by atoms with Gasteiger partial charge in [0, 0.05) is 13.3 Å². The highest BCUT2D eigenvalue weighted by atomic mass is 14.6. The van der Waals surface area contributed by atoms with Crippen molar-refractivity contribution in [1.29, 1.82) is 0 Å². The van der Waals surface area contributed by atoms with Gasteiger partial charge in [0.15, 0.2) is 0 Å². The maximum Gasteiger partial charge on any atom is 0.0277 e. The van der Waals surface area contributed by atoms with Crippen LogP contribution >= 0.6 is 0 Å². The van der Waals surface area contributed by atoms with Gasteiger partial charge in [0.1, 0.15) is 0 Å². The summed E-state index contributed by atoms with van der Waals surface area (Å²) in [5.41, 5.74) is 1.19. The molecule has 0 aliphatic rings. The van der Waals surface area contributed by atoms with E-state index in [2.05, 4.69) is 30.1 Å². The second kappa shape index (κ2) is 6.27. The predicted molar refractivity (Wildman–Crippen MR) is 47.6 cm³/mol.